The first kappa shape index (κ1) is 12.8. The molecule has 0 aromatic carbocycles. The van der Waals surface area contributed by atoms with E-state index in [-0.39, 0.29) is 27.9 Å². The molecule has 2 rings (SSSR count). The molecule has 1 amide bonds. The van der Waals surface area contributed by atoms with Crippen LogP contribution in [0, 0.1) is 0 Å². The number of β-lactam (4-membered cyclic amide) rings is 1. The third kappa shape index (κ3) is 2.07. The van der Waals surface area contributed by atoms with Crippen molar-refractivity contribution in [3.05, 3.63) is 11.3 Å². The van der Waals surface area contributed by atoms with E-state index in [1.807, 2.05) is 12.5 Å². The van der Waals surface area contributed by atoms with Crippen LogP contribution in [0.15, 0.2) is 11.3 Å². The number of fused-ring (bicyclic) bond motifs is 1. The van der Waals surface area contributed by atoms with Crippen LogP contribution in [-0.2, 0) is 20.5 Å². The Labute approximate surface area is 107 Å². The molecule has 2 aliphatic rings. The van der Waals surface area contributed by atoms with Gasteiger partial charge in [-0.2, -0.15) is 0 Å². The highest BCUT2D eigenvalue weighted by Gasteiger charge is 2.50. The molecule has 0 saturated carbocycles. The molecule has 2 unspecified atom stereocenters. The Morgan fingerprint density at radius 2 is 2.29 bits per heavy atom. The van der Waals surface area contributed by atoms with Gasteiger partial charge >= 0.3 is 0 Å². The normalized spacial score (nSPS) is 28.2. The third-order valence-corrected chi connectivity index (χ3v) is 5.03. The number of carboxylic acid groups (broad SMARTS) is 1. The molecular formula is C10H14N2O3S2. The number of amides is 1. The van der Waals surface area contributed by atoms with Crippen molar-refractivity contribution in [2.24, 2.45) is 5.73 Å². The zero-order chi connectivity index (χ0) is 12.7. The van der Waals surface area contributed by atoms with Gasteiger partial charge in [0, 0.05) is 11.3 Å². The summed E-state index contributed by atoms with van der Waals surface area (Å²) in [6.07, 6.45) is 4.08. The second-order valence-corrected chi connectivity index (χ2v) is 7.67. The van der Waals surface area contributed by atoms with Gasteiger partial charge in [-0.3, -0.25) is 9.69 Å². The summed E-state index contributed by atoms with van der Waals surface area (Å²) in [6, 6.07) is -0.572. The fourth-order valence-corrected chi connectivity index (χ4v) is 4.39. The number of thioether (sulfide) groups is 1. The lowest BCUT2D eigenvalue weighted by Crippen LogP contribution is -2.69. The van der Waals surface area contributed by atoms with Crippen molar-refractivity contribution >= 4 is 34.5 Å². The lowest BCUT2D eigenvalue weighted by molar-refractivity contribution is -0.301. The van der Waals surface area contributed by atoms with Crippen LogP contribution in [0.25, 0.3) is 0 Å². The lowest BCUT2D eigenvalue weighted by atomic mass is 10.0. The highest BCUT2D eigenvalue weighted by Crippen LogP contribution is 2.39. The molecule has 0 radical (unpaired) electrons. The molecule has 0 bridgehead atoms. The van der Waals surface area contributed by atoms with Gasteiger partial charge in [0.1, 0.15) is 17.2 Å². The van der Waals surface area contributed by atoms with Crippen LogP contribution in [0.3, 0.4) is 0 Å². The molecule has 2 atom stereocenters. The highest BCUT2D eigenvalue weighted by molar-refractivity contribution is 8.00. The number of rotatable bonds is 3. The first-order chi connectivity index (χ1) is 7.93. The van der Waals surface area contributed by atoms with Gasteiger partial charge in [0.15, 0.2) is 0 Å². The van der Waals surface area contributed by atoms with Crippen molar-refractivity contribution in [1.82, 2.24) is 4.90 Å². The summed E-state index contributed by atoms with van der Waals surface area (Å²) < 4.78 is 0. The molecule has 2 heterocycles. The summed E-state index contributed by atoms with van der Waals surface area (Å²) in [7, 11) is 0.0960. The van der Waals surface area contributed by atoms with Crippen molar-refractivity contribution in [3.63, 3.8) is 0 Å². The van der Waals surface area contributed by atoms with Gasteiger partial charge in [0.05, 0.1) is 24.2 Å². The van der Waals surface area contributed by atoms with E-state index in [1.54, 1.807) is 0 Å². The van der Waals surface area contributed by atoms with Gasteiger partial charge in [-0.25, -0.2) is 0 Å². The molecule has 0 aromatic rings. The number of hydrogen-bond donors (Lipinski definition) is 1. The van der Waals surface area contributed by atoms with E-state index in [0.717, 1.165) is 5.57 Å². The molecule has 94 valence electrons. The number of carbonyl (C=O) groups is 2. The van der Waals surface area contributed by atoms with Crippen LogP contribution in [0.2, 0.25) is 0 Å². The van der Waals surface area contributed by atoms with E-state index in [4.69, 9.17) is 5.73 Å². The number of hydrogen-bond acceptors (Lipinski definition) is 5. The third-order valence-electron chi connectivity index (χ3n) is 2.74. The first-order valence-electron chi connectivity index (χ1n) is 5.11. The summed E-state index contributed by atoms with van der Waals surface area (Å²) >= 11 is 1.53. The van der Waals surface area contributed by atoms with E-state index in [2.05, 4.69) is 0 Å². The van der Waals surface area contributed by atoms with Gasteiger partial charge < -0.3 is 15.6 Å². The van der Waals surface area contributed by atoms with Crippen LogP contribution in [-0.4, -0.2) is 52.2 Å². The van der Waals surface area contributed by atoms with Crippen molar-refractivity contribution in [3.8, 4) is 0 Å². The van der Waals surface area contributed by atoms with Gasteiger partial charge in [0.2, 0.25) is 5.91 Å². The van der Waals surface area contributed by atoms with Crippen molar-refractivity contribution < 1.29 is 14.7 Å². The smallest absolute Gasteiger partial charge is 0.248 e. The number of carboxylic acids is 1. The van der Waals surface area contributed by atoms with Gasteiger partial charge in [0.25, 0.3) is 0 Å². The van der Waals surface area contributed by atoms with Crippen LogP contribution >= 0.6 is 11.8 Å². The molecule has 7 heteroatoms. The topological polar surface area (TPSA) is 86.5 Å². The zero-order valence-electron chi connectivity index (χ0n) is 9.63. The molecular weight excluding hydrogens is 260 g/mol. The van der Waals surface area contributed by atoms with E-state index in [1.165, 1.54) is 16.7 Å². The predicted molar refractivity (Wildman–Crippen MR) is 67.2 cm³/mol. The van der Waals surface area contributed by atoms with E-state index in [0.29, 0.717) is 11.5 Å². The summed E-state index contributed by atoms with van der Waals surface area (Å²) in [4.78, 5) is 24.1. The SMILES string of the molecule is C[S+](C)CC1=C(C(=O)[O-])N2C(=O)C(N)C2SC1. The maximum absolute atomic E-state index is 11.6. The maximum atomic E-state index is 11.6. The Kier molecular flexibility index (Phi) is 3.42. The van der Waals surface area contributed by atoms with E-state index in [9.17, 15) is 14.7 Å². The van der Waals surface area contributed by atoms with Crippen LogP contribution in [0.5, 0.6) is 0 Å². The summed E-state index contributed by atoms with van der Waals surface area (Å²) in [5.41, 5.74) is 6.49. The van der Waals surface area contributed by atoms with Gasteiger partial charge in [-0.05, 0) is 10.9 Å². The van der Waals surface area contributed by atoms with Crippen molar-refractivity contribution in [1.29, 1.82) is 0 Å². The van der Waals surface area contributed by atoms with Crippen LogP contribution < -0.4 is 10.8 Å². The Bertz CT molecular complexity index is 408. The quantitative estimate of drug-likeness (QED) is 0.480. The molecule has 2 N–H and O–H groups in total. The fraction of sp³-hybridized carbons (Fsp3) is 0.600. The minimum Gasteiger partial charge on any atom is -0.543 e. The van der Waals surface area contributed by atoms with Gasteiger partial charge in [-0.15, -0.1) is 11.8 Å². The molecule has 2 aliphatic heterocycles. The van der Waals surface area contributed by atoms with Crippen LogP contribution in [0.4, 0.5) is 0 Å². The van der Waals surface area contributed by atoms with E-state index < -0.39 is 12.0 Å². The van der Waals surface area contributed by atoms with E-state index >= 15 is 0 Å². The molecule has 1 saturated heterocycles. The summed E-state index contributed by atoms with van der Waals surface area (Å²) in [5, 5.41) is 11.0. The van der Waals surface area contributed by atoms with Crippen LogP contribution in [0.1, 0.15) is 0 Å². The Morgan fingerprint density at radius 3 is 2.82 bits per heavy atom. The largest absolute Gasteiger partial charge is 0.543 e. The summed E-state index contributed by atoms with van der Waals surface area (Å²) in [5.74, 6) is -0.263. The average molecular weight is 274 g/mol. The standard InChI is InChI=1S/C10H14N2O3S2/c1-17(2)4-5-3-16-9-6(11)8(13)12(9)7(5)10(14)15/h6,9H,3-4,11H2,1-2H3. The number of aliphatic carboxylic acids is 1. The number of nitrogens with zero attached hydrogens (tertiary/aromatic N) is 1. The predicted octanol–water partition coefficient (Wildman–Crippen LogP) is -1.89. The molecule has 0 spiro atoms. The molecule has 1 fully saturated rings. The Morgan fingerprint density at radius 1 is 1.65 bits per heavy atom. The lowest BCUT2D eigenvalue weighted by Gasteiger charge is -2.49. The summed E-state index contributed by atoms with van der Waals surface area (Å²) in [6.45, 7) is 0. The fourth-order valence-electron chi connectivity index (χ4n) is 2.03. The second-order valence-electron chi connectivity index (χ2n) is 4.31. The zero-order valence-corrected chi connectivity index (χ0v) is 11.3. The Hall–Kier alpha value is -0.660. The second kappa shape index (κ2) is 4.55. The monoisotopic (exact) mass is 274 g/mol. The number of nitrogens with two attached hydrogens (primary N) is 1. The number of carbonyl (C=O) groups excluding carboxylic acids is 2. The minimum atomic E-state index is -1.27. The van der Waals surface area contributed by atoms with Gasteiger partial charge in [-0.1, -0.05) is 0 Å². The van der Waals surface area contributed by atoms with Crippen molar-refractivity contribution in [2.45, 2.75) is 11.4 Å². The highest BCUT2D eigenvalue weighted by atomic mass is 32.2. The molecule has 0 aliphatic carbocycles. The molecule has 0 aromatic heterocycles. The minimum absolute atomic E-state index is 0.0571. The molecule has 5 nitrogen and oxygen atoms in total. The Balaban J connectivity index is 2.33. The average Bonchev–Trinajstić information content (AvgIpc) is 2.26. The maximum Gasteiger partial charge on any atom is 0.248 e. The first-order valence-corrected chi connectivity index (χ1v) is 8.37. The molecule has 17 heavy (non-hydrogen) atoms. The van der Waals surface area contributed by atoms with Crippen molar-refractivity contribution in [2.75, 3.05) is 24.0 Å².